The van der Waals surface area contributed by atoms with Crippen molar-refractivity contribution in [3.05, 3.63) is 5.82 Å². The molecule has 1 rings (SSSR count). The first-order valence-corrected chi connectivity index (χ1v) is 2.94. The maximum atomic E-state index is 8.48. The molecule has 6 N–H and O–H groups in total. The molecule has 5 heteroatoms. The first kappa shape index (κ1) is 6.88. The van der Waals surface area contributed by atoms with Gasteiger partial charge in [0, 0.05) is 6.42 Å². The summed E-state index contributed by atoms with van der Waals surface area (Å²) in [6.07, 6.45) is 0.460. The Kier molecular flexibility index (Phi) is 1.77. The van der Waals surface area contributed by atoms with Crippen LogP contribution in [0.3, 0.4) is 0 Å². The molecule has 0 atom stereocenters. The molecule has 56 valence electrons. The molecule has 0 aliphatic heterocycles. The summed E-state index contributed by atoms with van der Waals surface area (Å²) in [5, 5.41) is 8.48. The highest BCUT2D eigenvalue weighted by molar-refractivity contribution is 5.52. The van der Waals surface area contributed by atoms with E-state index in [0.29, 0.717) is 23.9 Å². The van der Waals surface area contributed by atoms with Gasteiger partial charge in [0.05, 0.1) is 6.61 Å². The van der Waals surface area contributed by atoms with Crippen LogP contribution in [0, 0.1) is 0 Å². The van der Waals surface area contributed by atoms with Crippen molar-refractivity contribution >= 4 is 11.6 Å². The van der Waals surface area contributed by atoms with Gasteiger partial charge in [-0.05, 0) is 0 Å². The Morgan fingerprint density at radius 2 is 2.20 bits per heavy atom. The minimum atomic E-state index is 0.0480. The predicted octanol–water partition coefficient (Wildman–Crippen LogP) is -0.891. The molecule has 0 bridgehead atoms. The normalized spacial score (nSPS) is 10.1. The van der Waals surface area contributed by atoms with Gasteiger partial charge in [-0.2, -0.15) is 0 Å². The van der Waals surface area contributed by atoms with Crippen LogP contribution in [0.15, 0.2) is 0 Å². The molecule has 0 unspecified atom stereocenters. The van der Waals surface area contributed by atoms with Gasteiger partial charge in [-0.1, -0.05) is 0 Å². The number of anilines is 2. The maximum absolute atomic E-state index is 8.48. The van der Waals surface area contributed by atoms with E-state index >= 15 is 0 Å². The Morgan fingerprint density at radius 1 is 1.50 bits per heavy atom. The van der Waals surface area contributed by atoms with Crippen molar-refractivity contribution in [3.63, 3.8) is 0 Å². The number of H-pyrrole nitrogens is 1. The molecule has 0 aliphatic carbocycles. The lowest BCUT2D eigenvalue weighted by molar-refractivity contribution is 0.297. The van der Waals surface area contributed by atoms with Gasteiger partial charge in [-0.25, -0.2) is 4.98 Å². The summed E-state index contributed by atoms with van der Waals surface area (Å²) in [4.78, 5) is 6.56. The third-order valence-electron chi connectivity index (χ3n) is 1.16. The molecule has 1 heterocycles. The lowest BCUT2D eigenvalue weighted by Crippen LogP contribution is -1.93. The second-order valence-corrected chi connectivity index (χ2v) is 1.96. The van der Waals surface area contributed by atoms with E-state index < -0.39 is 0 Å². The predicted molar refractivity (Wildman–Crippen MR) is 38.2 cm³/mol. The Hall–Kier alpha value is -1.23. The van der Waals surface area contributed by atoms with Crippen molar-refractivity contribution in [2.75, 3.05) is 18.1 Å². The first-order valence-electron chi connectivity index (χ1n) is 2.94. The Labute approximate surface area is 58.1 Å². The molecule has 0 saturated heterocycles. The van der Waals surface area contributed by atoms with Crippen molar-refractivity contribution in [2.45, 2.75) is 6.42 Å². The Balaban J connectivity index is 2.77. The monoisotopic (exact) mass is 142 g/mol. The average molecular weight is 142 g/mol. The molecule has 10 heavy (non-hydrogen) atoms. The van der Waals surface area contributed by atoms with Crippen LogP contribution in [-0.4, -0.2) is 21.7 Å². The highest BCUT2D eigenvalue weighted by atomic mass is 16.3. The molecule has 0 spiro atoms. The summed E-state index contributed by atoms with van der Waals surface area (Å²) in [6.45, 7) is 0.0480. The number of nitrogens with one attached hydrogen (secondary N) is 1. The number of aromatic amines is 1. The van der Waals surface area contributed by atoms with Gasteiger partial charge in [0.25, 0.3) is 0 Å². The molecule has 5 nitrogen and oxygen atoms in total. The van der Waals surface area contributed by atoms with E-state index in [1.807, 2.05) is 0 Å². The molecular formula is C5H10N4O. The van der Waals surface area contributed by atoms with Gasteiger partial charge in [0.1, 0.15) is 11.6 Å². The number of aliphatic hydroxyl groups excluding tert-OH is 1. The summed E-state index contributed by atoms with van der Waals surface area (Å²) in [5.74, 6) is 1.28. The van der Waals surface area contributed by atoms with Crippen molar-refractivity contribution < 1.29 is 5.11 Å². The van der Waals surface area contributed by atoms with E-state index in [0.717, 1.165) is 0 Å². The lowest BCUT2D eigenvalue weighted by Gasteiger charge is -1.86. The first-order chi connectivity index (χ1) is 4.74. The van der Waals surface area contributed by atoms with Gasteiger partial charge >= 0.3 is 0 Å². The molecule has 1 aromatic rings. The van der Waals surface area contributed by atoms with Crippen LogP contribution >= 0.6 is 0 Å². The SMILES string of the molecule is Nc1nc(CCO)[nH]c1N. The molecule has 0 saturated carbocycles. The van der Waals surface area contributed by atoms with E-state index in [2.05, 4.69) is 9.97 Å². The highest BCUT2D eigenvalue weighted by Gasteiger charge is 2.01. The molecule has 0 radical (unpaired) electrons. The fraction of sp³-hybridized carbons (Fsp3) is 0.400. The molecule has 0 fully saturated rings. The standard InChI is InChI=1S/C5H10N4O/c6-4-5(7)9-3(8-4)1-2-10/h10H,1-2,6-7H2,(H,8,9). The molecule has 0 amide bonds. The van der Waals surface area contributed by atoms with E-state index in [4.69, 9.17) is 16.6 Å². The van der Waals surface area contributed by atoms with Gasteiger partial charge in [0.2, 0.25) is 0 Å². The topological polar surface area (TPSA) is 101 Å². The summed E-state index contributed by atoms with van der Waals surface area (Å²) in [6, 6.07) is 0. The zero-order valence-corrected chi connectivity index (χ0v) is 5.46. The van der Waals surface area contributed by atoms with Gasteiger partial charge in [0.15, 0.2) is 5.82 Å². The van der Waals surface area contributed by atoms with Crippen LogP contribution < -0.4 is 11.5 Å². The number of hydrogen-bond donors (Lipinski definition) is 4. The lowest BCUT2D eigenvalue weighted by atomic mass is 10.4. The molecular weight excluding hydrogens is 132 g/mol. The van der Waals surface area contributed by atoms with Crippen molar-refractivity contribution in [2.24, 2.45) is 0 Å². The zero-order valence-electron chi connectivity index (χ0n) is 5.46. The van der Waals surface area contributed by atoms with Gasteiger partial charge < -0.3 is 21.6 Å². The maximum Gasteiger partial charge on any atom is 0.166 e. The van der Waals surface area contributed by atoms with E-state index in [1.54, 1.807) is 0 Å². The second kappa shape index (κ2) is 2.57. The number of aromatic nitrogens is 2. The van der Waals surface area contributed by atoms with Crippen molar-refractivity contribution in [3.8, 4) is 0 Å². The quantitative estimate of drug-likeness (QED) is 0.430. The van der Waals surface area contributed by atoms with Gasteiger partial charge in [-0.15, -0.1) is 0 Å². The number of imidazole rings is 1. The fourth-order valence-electron chi connectivity index (χ4n) is 0.677. The van der Waals surface area contributed by atoms with Crippen LogP contribution in [-0.2, 0) is 6.42 Å². The zero-order chi connectivity index (χ0) is 7.56. The minimum Gasteiger partial charge on any atom is -0.396 e. The van der Waals surface area contributed by atoms with E-state index in [1.165, 1.54) is 0 Å². The summed E-state index contributed by atoms with van der Waals surface area (Å²) < 4.78 is 0. The van der Waals surface area contributed by atoms with Crippen LogP contribution in [0.5, 0.6) is 0 Å². The van der Waals surface area contributed by atoms with Crippen LogP contribution in [0.2, 0.25) is 0 Å². The van der Waals surface area contributed by atoms with Crippen molar-refractivity contribution in [1.82, 2.24) is 9.97 Å². The number of nitrogens with two attached hydrogens (primary N) is 2. The third-order valence-corrected chi connectivity index (χ3v) is 1.16. The third kappa shape index (κ3) is 1.19. The van der Waals surface area contributed by atoms with Crippen LogP contribution in [0.4, 0.5) is 11.6 Å². The number of rotatable bonds is 2. The number of aliphatic hydroxyl groups is 1. The fourth-order valence-corrected chi connectivity index (χ4v) is 0.677. The van der Waals surface area contributed by atoms with E-state index in [-0.39, 0.29) is 6.61 Å². The molecule has 0 aliphatic rings. The highest BCUT2D eigenvalue weighted by Crippen LogP contribution is 2.08. The number of nitrogen functional groups attached to an aromatic ring is 2. The average Bonchev–Trinajstić information content (AvgIpc) is 2.14. The Bertz CT molecular complexity index is 200. The minimum absolute atomic E-state index is 0.0480. The summed E-state index contributed by atoms with van der Waals surface area (Å²) >= 11 is 0. The molecule has 0 aromatic carbocycles. The Morgan fingerprint density at radius 3 is 2.60 bits per heavy atom. The molecule has 1 aromatic heterocycles. The van der Waals surface area contributed by atoms with E-state index in [9.17, 15) is 0 Å². The van der Waals surface area contributed by atoms with Crippen LogP contribution in [0.1, 0.15) is 5.82 Å². The summed E-state index contributed by atoms with van der Waals surface area (Å²) in [7, 11) is 0. The largest absolute Gasteiger partial charge is 0.396 e. The van der Waals surface area contributed by atoms with Crippen LogP contribution in [0.25, 0.3) is 0 Å². The smallest absolute Gasteiger partial charge is 0.166 e. The number of nitrogens with zero attached hydrogens (tertiary/aromatic N) is 1. The summed E-state index contributed by atoms with van der Waals surface area (Å²) in [5.41, 5.74) is 10.7. The van der Waals surface area contributed by atoms with Gasteiger partial charge in [-0.3, -0.25) is 0 Å². The second-order valence-electron chi connectivity index (χ2n) is 1.96. The number of hydrogen-bond acceptors (Lipinski definition) is 4. The van der Waals surface area contributed by atoms with Crippen molar-refractivity contribution in [1.29, 1.82) is 0 Å².